The van der Waals surface area contributed by atoms with Crippen molar-refractivity contribution in [2.45, 2.75) is 11.0 Å². The molecule has 0 saturated carbocycles. The molecule has 110 valence electrons. The summed E-state index contributed by atoms with van der Waals surface area (Å²) in [6.45, 7) is 0.420. The zero-order valence-electron chi connectivity index (χ0n) is 9.73. The van der Waals surface area contributed by atoms with E-state index in [1.165, 1.54) is 0 Å². The monoisotopic (exact) mass is 343 g/mol. The SMILES string of the molecule is NS(=O)(=O)c1c(Cl)c(F)cc(C(=O)OC2COC2)c1Cl. The molecule has 0 aliphatic carbocycles. The molecule has 0 bridgehead atoms. The summed E-state index contributed by atoms with van der Waals surface area (Å²) in [6, 6.07) is 0.696. The van der Waals surface area contributed by atoms with Gasteiger partial charge in [-0.25, -0.2) is 22.7 Å². The highest BCUT2D eigenvalue weighted by Crippen LogP contribution is 2.34. The van der Waals surface area contributed by atoms with Crippen LogP contribution in [0, 0.1) is 5.82 Å². The van der Waals surface area contributed by atoms with Gasteiger partial charge in [-0.2, -0.15) is 0 Å². The van der Waals surface area contributed by atoms with E-state index in [1.54, 1.807) is 0 Å². The van der Waals surface area contributed by atoms with E-state index in [0.29, 0.717) is 6.07 Å². The van der Waals surface area contributed by atoms with E-state index in [9.17, 15) is 17.6 Å². The Bertz CT molecular complexity index is 675. The molecule has 1 aromatic rings. The molecule has 1 saturated heterocycles. The predicted octanol–water partition coefficient (Wildman–Crippen LogP) is 1.34. The first-order chi connectivity index (χ1) is 9.21. The number of halogens is 3. The lowest BCUT2D eigenvalue weighted by atomic mass is 10.2. The summed E-state index contributed by atoms with van der Waals surface area (Å²) in [4.78, 5) is 11.0. The molecule has 2 N–H and O–H groups in total. The number of hydrogen-bond acceptors (Lipinski definition) is 5. The number of esters is 1. The van der Waals surface area contributed by atoms with Crippen LogP contribution in [-0.4, -0.2) is 33.7 Å². The minimum Gasteiger partial charge on any atom is -0.454 e. The minimum absolute atomic E-state index is 0.210. The Balaban J connectivity index is 2.48. The van der Waals surface area contributed by atoms with Crippen LogP contribution in [0.2, 0.25) is 10.0 Å². The lowest BCUT2D eigenvalue weighted by Gasteiger charge is -2.25. The van der Waals surface area contributed by atoms with Gasteiger partial charge in [-0.1, -0.05) is 23.2 Å². The third-order valence-corrected chi connectivity index (χ3v) is 4.47. The van der Waals surface area contributed by atoms with E-state index >= 15 is 0 Å². The van der Waals surface area contributed by atoms with Gasteiger partial charge in [0.2, 0.25) is 10.0 Å². The molecule has 0 amide bonds. The van der Waals surface area contributed by atoms with Crippen LogP contribution in [-0.2, 0) is 19.5 Å². The number of ether oxygens (including phenoxy) is 2. The lowest BCUT2D eigenvalue weighted by molar-refractivity contribution is -0.103. The maximum absolute atomic E-state index is 13.6. The molecule has 6 nitrogen and oxygen atoms in total. The topological polar surface area (TPSA) is 95.7 Å². The number of benzene rings is 1. The number of carbonyl (C=O) groups is 1. The highest BCUT2D eigenvalue weighted by Gasteiger charge is 2.30. The van der Waals surface area contributed by atoms with Crippen LogP contribution in [0.4, 0.5) is 4.39 Å². The van der Waals surface area contributed by atoms with Gasteiger partial charge in [-0.05, 0) is 6.07 Å². The molecule has 0 atom stereocenters. The Kier molecular flexibility index (Phi) is 4.22. The maximum atomic E-state index is 13.6. The van der Waals surface area contributed by atoms with Crippen LogP contribution < -0.4 is 5.14 Å². The van der Waals surface area contributed by atoms with Crippen molar-refractivity contribution < 1.29 is 27.1 Å². The van der Waals surface area contributed by atoms with Crippen LogP contribution in [0.5, 0.6) is 0 Å². The van der Waals surface area contributed by atoms with Crippen molar-refractivity contribution in [3.8, 4) is 0 Å². The van der Waals surface area contributed by atoms with Crippen LogP contribution >= 0.6 is 23.2 Å². The first-order valence-electron chi connectivity index (χ1n) is 5.21. The van der Waals surface area contributed by atoms with Crippen molar-refractivity contribution >= 4 is 39.2 Å². The average molecular weight is 344 g/mol. The Labute approximate surface area is 123 Å². The summed E-state index contributed by atoms with van der Waals surface area (Å²) in [7, 11) is -4.40. The molecule has 1 heterocycles. The standard InChI is InChI=1S/C10H8Cl2FNO5S/c11-7-5(10(15)19-4-2-18-3-4)1-6(13)8(12)9(7)20(14,16)17/h1,4H,2-3H2,(H2,14,16,17). The smallest absolute Gasteiger partial charge is 0.340 e. The largest absolute Gasteiger partial charge is 0.454 e. The highest BCUT2D eigenvalue weighted by atomic mass is 35.5. The maximum Gasteiger partial charge on any atom is 0.340 e. The van der Waals surface area contributed by atoms with Crippen LogP contribution in [0.1, 0.15) is 10.4 Å². The second-order valence-corrected chi connectivity index (χ2v) is 6.23. The van der Waals surface area contributed by atoms with E-state index in [2.05, 4.69) is 0 Å². The van der Waals surface area contributed by atoms with Crippen molar-refractivity contribution in [3.05, 3.63) is 27.5 Å². The molecule has 2 rings (SSSR count). The second kappa shape index (κ2) is 5.45. The third kappa shape index (κ3) is 2.89. The fourth-order valence-electron chi connectivity index (χ4n) is 1.48. The van der Waals surface area contributed by atoms with Gasteiger partial charge >= 0.3 is 5.97 Å². The minimum atomic E-state index is -4.40. The summed E-state index contributed by atoms with van der Waals surface area (Å²) >= 11 is 11.3. The normalized spacial score (nSPS) is 15.8. The van der Waals surface area contributed by atoms with Crippen molar-refractivity contribution in [3.63, 3.8) is 0 Å². The molecular weight excluding hydrogens is 336 g/mol. The molecule has 1 aliphatic heterocycles. The van der Waals surface area contributed by atoms with E-state index in [1.807, 2.05) is 0 Å². The molecule has 0 radical (unpaired) electrons. The molecule has 1 fully saturated rings. The van der Waals surface area contributed by atoms with Crippen molar-refractivity contribution in [2.75, 3.05) is 13.2 Å². The molecular formula is C10H8Cl2FNO5S. The Morgan fingerprint density at radius 1 is 1.40 bits per heavy atom. The molecule has 1 aliphatic rings. The quantitative estimate of drug-likeness (QED) is 0.659. The van der Waals surface area contributed by atoms with E-state index < -0.39 is 48.4 Å². The van der Waals surface area contributed by atoms with Crippen LogP contribution in [0.3, 0.4) is 0 Å². The first-order valence-corrected chi connectivity index (χ1v) is 7.51. The molecule has 1 aromatic carbocycles. The zero-order chi connectivity index (χ0) is 15.1. The van der Waals surface area contributed by atoms with Crippen LogP contribution in [0.25, 0.3) is 0 Å². The summed E-state index contributed by atoms with van der Waals surface area (Å²) in [6.07, 6.45) is -0.477. The van der Waals surface area contributed by atoms with Gasteiger partial charge in [0, 0.05) is 0 Å². The lowest BCUT2D eigenvalue weighted by Crippen LogP contribution is -2.38. The zero-order valence-corrected chi connectivity index (χ0v) is 12.1. The van der Waals surface area contributed by atoms with Gasteiger partial charge < -0.3 is 9.47 Å². The summed E-state index contributed by atoms with van der Waals surface area (Å²) < 4.78 is 46.0. The fourth-order valence-corrected chi connectivity index (χ4v) is 3.25. The molecule has 10 heteroatoms. The van der Waals surface area contributed by atoms with Gasteiger partial charge in [-0.15, -0.1) is 0 Å². The summed E-state index contributed by atoms with van der Waals surface area (Å²) in [5.74, 6) is -2.12. The Morgan fingerprint density at radius 2 is 2.00 bits per heavy atom. The van der Waals surface area contributed by atoms with Crippen molar-refractivity contribution in [1.29, 1.82) is 0 Å². The predicted molar refractivity (Wildman–Crippen MR) is 67.8 cm³/mol. The summed E-state index contributed by atoms with van der Waals surface area (Å²) in [5, 5.41) is 3.54. The molecule has 20 heavy (non-hydrogen) atoms. The molecule has 0 unspecified atom stereocenters. The number of primary sulfonamides is 1. The second-order valence-electron chi connectivity index (χ2n) is 3.97. The van der Waals surface area contributed by atoms with Gasteiger partial charge in [0.15, 0.2) is 0 Å². The molecule has 0 aromatic heterocycles. The number of sulfonamides is 1. The van der Waals surface area contributed by atoms with Gasteiger partial charge in [-0.3, -0.25) is 0 Å². The van der Waals surface area contributed by atoms with Gasteiger partial charge in [0.05, 0.1) is 28.8 Å². The van der Waals surface area contributed by atoms with Crippen LogP contribution in [0.15, 0.2) is 11.0 Å². The number of rotatable bonds is 3. The Hall–Kier alpha value is -0.930. The Morgan fingerprint density at radius 3 is 2.45 bits per heavy atom. The van der Waals surface area contributed by atoms with Crippen molar-refractivity contribution in [2.24, 2.45) is 5.14 Å². The number of nitrogens with two attached hydrogens (primary N) is 1. The van der Waals surface area contributed by atoms with E-state index in [-0.39, 0.29) is 13.2 Å². The van der Waals surface area contributed by atoms with E-state index in [0.717, 1.165) is 0 Å². The van der Waals surface area contributed by atoms with Crippen molar-refractivity contribution in [1.82, 2.24) is 0 Å². The molecule has 0 spiro atoms. The third-order valence-electron chi connectivity index (χ3n) is 2.50. The highest BCUT2D eigenvalue weighted by molar-refractivity contribution is 7.89. The van der Waals surface area contributed by atoms with Gasteiger partial charge in [0.25, 0.3) is 0 Å². The summed E-state index contributed by atoms with van der Waals surface area (Å²) in [5.41, 5.74) is -0.468. The number of carbonyl (C=O) groups excluding carboxylic acids is 1. The first kappa shape index (κ1) is 15.5. The van der Waals surface area contributed by atoms with Gasteiger partial charge in [0.1, 0.15) is 16.8 Å². The average Bonchev–Trinajstić information content (AvgIpc) is 2.26. The fraction of sp³-hybridized carbons (Fsp3) is 0.300. The number of hydrogen-bond donors (Lipinski definition) is 1. The van der Waals surface area contributed by atoms with E-state index in [4.69, 9.17) is 37.8 Å².